The zero-order valence-corrected chi connectivity index (χ0v) is 17.7. The molecule has 1 aliphatic carbocycles. The first kappa shape index (κ1) is 20.5. The summed E-state index contributed by atoms with van der Waals surface area (Å²) in [4.78, 5) is 15.6. The van der Waals surface area contributed by atoms with Crippen molar-refractivity contribution in [1.29, 1.82) is 0 Å². The minimum absolute atomic E-state index is 0.0426. The third-order valence-corrected chi connectivity index (χ3v) is 8.50. The highest BCUT2D eigenvalue weighted by Gasteiger charge is 2.35. The van der Waals surface area contributed by atoms with Crippen LogP contribution < -0.4 is 4.72 Å². The number of nitrogens with one attached hydrogen (secondary N) is 1. The van der Waals surface area contributed by atoms with Crippen LogP contribution in [-0.4, -0.2) is 39.5 Å². The Balaban J connectivity index is 1.62. The highest BCUT2D eigenvalue weighted by molar-refractivity contribution is 7.91. The largest absolute Gasteiger partial charge is 0.465 e. The number of fused-ring (bicyclic) bond motifs is 1. The molecule has 1 N–H and O–H groups in total. The third-order valence-electron chi connectivity index (χ3n) is 5.36. The van der Waals surface area contributed by atoms with Crippen molar-refractivity contribution >= 4 is 27.3 Å². The van der Waals surface area contributed by atoms with Gasteiger partial charge in [-0.1, -0.05) is 18.2 Å². The summed E-state index contributed by atoms with van der Waals surface area (Å²) in [5, 5.41) is 0. The minimum Gasteiger partial charge on any atom is -0.465 e. The molecule has 0 amide bonds. The lowest BCUT2D eigenvalue weighted by molar-refractivity contribution is 0.0595. The average Bonchev–Trinajstić information content (AvgIpc) is 3.43. The maximum atomic E-state index is 13.9. The van der Waals surface area contributed by atoms with E-state index in [0.717, 1.165) is 40.8 Å². The van der Waals surface area contributed by atoms with Gasteiger partial charge in [-0.2, -0.15) is 0 Å². The number of hydrogen-bond acceptors (Lipinski definition) is 6. The van der Waals surface area contributed by atoms with Crippen LogP contribution in [0.4, 0.5) is 4.39 Å². The van der Waals surface area contributed by atoms with E-state index in [1.54, 1.807) is 12.1 Å². The van der Waals surface area contributed by atoms with Crippen LogP contribution in [0.3, 0.4) is 0 Å². The summed E-state index contributed by atoms with van der Waals surface area (Å²) >= 11 is 1.12. The molecule has 1 saturated carbocycles. The van der Waals surface area contributed by atoms with Crippen molar-refractivity contribution in [2.45, 2.75) is 36.6 Å². The molecule has 1 aromatic heterocycles. The molecule has 0 saturated heterocycles. The Morgan fingerprint density at radius 3 is 2.79 bits per heavy atom. The maximum absolute atomic E-state index is 13.9. The first-order valence-electron chi connectivity index (χ1n) is 9.57. The van der Waals surface area contributed by atoms with Gasteiger partial charge in [-0.25, -0.2) is 22.3 Å². The molecule has 156 valence electrons. The fourth-order valence-electron chi connectivity index (χ4n) is 3.63. The van der Waals surface area contributed by atoms with Crippen LogP contribution in [0.5, 0.6) is 0 Å². The number of hydrogen-bond donors (Lipinski definition) is 1. The number of halogens is 1. The van der Waals surface area contributed by atoms with Crippen molar-refractivity contribution in [1.82, 2.24) is 9.62 Å². The molecule has 2 aromatic rings. The van der Waals surface area contributed by atoms with Crippen molar-refractivity contribution in [3.05, 3.63) is 51.7 Å². The van der Waals surface area contributed by atoms with Crippen LogP contribution in [0.25, 0.3) is 0 Å². The molecule has 2 aliphatic rings. The van der Waals surface area contributed by atoms with Crippen molar-refractivity contribution in [2.24, 2.45) is 5.92 Å². The fourth-order valence-corrected chi connectivity index (χ4v) is 6.61. The summed E-state index contributed by atoms with van der Waals surface area (Å²) < 4.78 is 47.1. The number of benzene rings is 1. The average molecular weight is 439 g/mol. The highest BCUT2D eigenvalue weighted by atomic mass is 32.2. The molecule has 4 rings (SSSR count). The van der Waals surface area contributed by atoms with Gasteiger partial charge in [0.15, 0.2) is 0 Å². The number of esters is 1. The molecule has 29 heavy (non-hydrogen) atoms. The SMILES string of the molecule is COC(=O)c1c(S(=O)(=O)NCc2ccccc2F)sc2c1CCN(CC1CC1)C2. The highest BCUT2D eigenvalue weighted by Crippen LogP contribution is 2.38. The molecule has 0 bridgehead atoms. The van der Waals surface area contributed by atoms with Gasteiger partial charge in [-0.3, -0.25) is 4.90 Å². The Bertz CT molecular complexity index is 1030. The number of rotatable bonds is 7. The number of nitrogens with zero attached hydrogens (tertiary/aromatic N) is 1. The first-order chi connectivity index (χ1) is 13.9. The maximum Gasteiger partial charge on any atom is 0.340 e. The monoisotopic (exact) mass is 438 g/mol. The molecule has 1 aliphatic heterocycles. The summed E-state index contributed by atoms with van der Waals surface area (Å²) in [6.45, 7) is 2.26. The van der Waals surface area contributed by atoms with Crippen LogP contribution in [0.15, 0.2) is 28.5 Å². The Labute approximate surface area is 173 Å². The van der Waals surface area contributed by atoms with Gasteiger partial charge in [0.25, 0.3) is 10.0 Å². The van der Waals surface area contributed by atoms with E-state index in [0.29, 0.717) is 13.0 Å². The predicted molar refractivity (Wildman–Crippen MR) is 108 cm³/mol. The molecular weight excluding hydrogens is 415 g/mol. The van der Waals surface area contributed by atoms with Gasteiger partial charge in [-0.15, -0.1) is 11.3 Å². The van der Waals surface area contributed by atoms with Gasteiger partial charge >= 0.3 is 5.97 Å². The smallest absolute Gasteiger partial charge is 0.340 e. The Morgan fingerprint density at radius 1 is 1.34 bits per heavy atom. The van der Waals surface area contributed by atoms with E-state index in [1.165, 1.54) is 32.1 Å². The molecule has 6 nitrogen and oxygen atoms in total. The summed E-state index contributed by atoms with van der Waals surface area (Å²) in [6.07, 6.45) is 3.12. The summed E-state index contributed by atoms with van der Waals surface area (Å²) in [5.74, 6) is -0.392. The molecule has 0 radical (unpaired) electrons. The van der Waals surface area contributed by atoms with E-state index in [4.69, 9.17) is 4.74 Å². The summed E-state index contributed by atoms with van der Waals surface area (Å²) in [5.41, 5.74) is 1.13. The topological polar surface area (TPSA) is 75.7 Å². The van der Waals surface area contributed by atoms with Gasteiger partial charge < -0.3 is 4.74 Å². The van der Waals surface area contributed by atoms with E-state index in [2.05, 4.69) is 9.62 Å². The van der Waals surface area contributed by atoms with Crippen LogP contribution in [0, 0.1) is 11.7 Å². The minimum atomic E-state index is -4.00. The summed E-state index contributed by atoms with van der Waals surface area (Å²) in [7, 11) is -2.75. The number of sulfonamides is 1. The standard InChI is InChI=1S/C20H23FN2O4S2/c1-27-19(24)18-15-8-9-23(11-13-6-7-13)12-17(15)28-20(18)29(25,26)22-10-14-4-2-3-5-16(14)21/h2-5,13,22H,6-12H2,1H3. The number of carbonyl (C=O) groups excluding carboxylic acids is 1. The molecule has 2 heterocycles. The van der Waals surface area contributed by atoms with E-state index in [9.17, 15) is 17.6 Å². The van der Waals surface area contributed by atoms with Crippen molar-refractivity contribution < 1.29 is 22.3 Å². The second-order valence-corrected chi connectivity index (χ2v) is 10.6. The number of thiophene rings is 1. The zero-order chi connectivity index (χ0) is 20.6. The number of methoxy groups -OCH3 is 1. The number of carbonyl (C=O) groups is 1. The Morgan fingerprint density at radius 2 is 2.10 bits per heavy atom. The third kappa shape index (κ3) is 4.37. The normalized spacial score (nSPS) is 17.2. The fraction of sp³-hybridized carbons (Fsp3) is 0.450. The first-order valence-corrected chi connectivity index (χ1v) is 11.9. The van der Waals surface area contributed by atoms with Crippen LogP contribution >= 0.6 is 11.3 Å². The molecule has 1 aromatic carbocycles. The molecule has 9 heteroatoms. The van der Waals surface area contributed by atoms with Gasteiger partial charge in [0.1, 0.15) is 10.0 Å². The van der Waals surface area contributed by atoms with E-state index >= 15 is 0 Å². The van der Waals surface area contributed by atoms with E-state index in [-0.39, 0.29) is 21.9 Å². The predicted octanol–water partition coefficient (Wildman–Crippen LogP) is 2.92. The molecular formula is C20H23FN2O4S2. The van der Waals surface area contributed by atoms with Gasteiger partial charge in [0.2, 0.25) is 0 Å². The Hall–Kier alpha value is -1.81. The lowest BCUT2D eigenvalue weighted by atomic mass is 10.0. The number of ether oxygens (including phenoxy) is 1. The lowest BCUT2D eigenvalue weighted by Gasteiger charge is -2.26. The Kier molecular flexibility index (Phi) is 5.74. The van der Waals surface area contributed by atoms with Gasteiger partial charge in [-0.05, 0) is 36.8 Å². The van der Waals surface area contributed by atoms with Crippen molar-refractivity contribution in [3.63, 3.8) is 0 Å². The van der Waals surface area contributed by atoms with Crippen LogP contribution in [0.2, 0.25) is 0 Å². The van der Waals surface area contributed by atoms with E-state index in [1.807, 2.05) is 0 Å². The molecule has 1 fully saturated rings. The van der Waals surface area contributed by atoms with Crippen LogP contribution in [-0.2, 0) is 34.3 Å². The van der Waals surface area contributed by atoms with E-state index < -0.39 is 21.8 Å². The van der Waals surface area contributed by atoms with Gasteiger partial charge in [0, 0.05) is 36.6 Å². The second kappa shape index (κ2) is 8.14. The lowest BCUT2D eigenvalue weighted by Crippen LogP contribution is -2.32. The van der Waals surface area contributed by atoms with Crippen molar-refractivity contribution in [3.8, 4) is 0 Å². The molecule has 0 atom stereocenters. The summed E-state index contributed by atoms with van der Waals surface area (Å²) in [6, 6.07) is 5.99. The molecule has 0 spiro atoms. The molecule has 0 unspecified atom stereocenters. The van der Waals surface area contributed by atoms with Crippen LogP contribution in [0.1, 0.15) is 39.2 Å². The second-order valence-electron chi connectivity index (χ2n) is 7.50. The zero-order valence-electron chi connectivity index (χ0n) is 16.1. The van der Waals surface area contributed by atoms with Crippen molar-refractivity contribution in [2.75, 3.05) is 20.2 Å². The van der Waals surface area contributed by atoms with Gasteiger partial charge in [0.05, 0.1) is 12.7 Å². The quantitative estimate of drug-likeness (QED) is 0.673.